The van der Waals surface area contributed by atoms with Crippen molar-refractivity contribution >= 4 is 22.8 Å². The average Bonchev–Trinajstić information content (AvgIpc) is 3.09. The smallest absolute Gasteiger partial charge is 0.310 e. The topological polar surface area (TPSA) is 71.2 Å². The van der Waals surface area contributed by atoms with E-state index in [-0.39, 0.29) is 25.0 Å². The Kier molecular flexibility index (Phi) is 6.48. The first-order valence-corrected chi connectivity index (χ1v) is 9.58. The molecule has 0 spiro atoms. The lowest BCUT2D eigenvalue weighted by Gasteiger charge is -2.21. The molecule has 3 aromatic rings. The van der Waals surface area contributed by atoms with Gasteiger partial charge in [-0.25, -0.2) is 0 Å². The number of ether oxygens (including phenoxy) is 1. The fraction of sp³-hybridized carbons (Fsp3) is 0.304. The number of para-hydroxylation sites is 1. The minimum Gasteiger partial charge on any atom is -0.455 e. The lowest BCUT2D eigenvalue weighted by Crippen LogP contribution is -2.33. The second kappa shape index (κ2) is 9.22. The minimum atomic E-state index is -0.417. The van der Waals surface area contributed by atoms with Crippen LogP contribution in [0.15, 0.2) is 60.8 Å². The van der Waals surface area contributed by atoms with Crippen molar-refractivity contribution in [2.75, 3.05) is 6.61 Å². The number of benzene rings is 2. The highest BCUT2D eigenvalue weighted by Crippen LogP contribution is 2.21. The Morgan fingerprint density at radius 1 is 1.04 bits per heavy atom. The predicted octanol–water partition coefficient (Wildman–Crippen LogP) is 4.16. The maximum Gasteiger partial charge on any atom is 0.310 e. The number of H-pyrrole nitrogens is 1. The van der Waals surface area contributed by atoms with Gasteiger partial charge in [0.15, 0.2) is 6.61 Å². The van der Waals surface area contributed by atoms with Crippen molar-refractivity contribution in [3.8, 4) is 0 Å². The number of esters is 1. The van der Waals surface area contributed by atoms with Crippen LogP contribution in [0.4, 0.5) is 0 Å². The molecule has 0 aliphatic rings. The number of amides is 1. The molecule has 2 aromatic carbocycles. The molecule has 28 heavy (non-hydrogen) atoms. The highest BCUT2D eigenvalue weighted by atomic mass is 16.5. The molecule has 0 radical (unpaired) electrons. The van der Waals surface area contributed by atoms with Crippen molar-refractivity contribution in [1.82, 2.24) is 10.3 Å². The predicted molar refractivity (Wildman–Crippen MR) is 110 cm³/mol. The number of aromatic nitrogens is 1. The van der Waals surface area contributed by atoms with E-state index < -0.39 is 5.97 Å². The van der Waals surface area contributed by atoms with E-state index >= 15 is 0 Å². The summed E-state index contributed by atoms with van der Waals surface area (Å²) in [6.45, 7) is 3.95. The number of aromatic amines is 1. The Bertz CT molecular complexity index is 931. The first kappa shape index (κ1) is 19.7. The SMILES string of the molecule is CC(C)C[C@H](NC(=O)COC(=O)Cc1c[nH]c2ccccc12)c1ccccc1. The van der Waals surface area contributed by atoms with Crippen LogP contribution >= 0.6 is 0 Å². The first-order chi connectivity index (χ1) is 13.5. The Morgan fingerprint density at radius 2 is 1.75 bits per heavy atom. The summed E-state index contributed by atoms with van der Waals surface area (Å²) in [5, 5.41) is 3.98. The van der Waals surface area contributed by atoms with Crippen LogP contribution in [0.2, 0.25) is 0 Å². The number of hydrogen-bond acceptors (Lipinski definition) is 3. The summed E-state index contributed by atoms with van der Waals surface area (Å²) in [4.78, 5) is 27.6. The van der Waals surface area contributed by atoms with Crippen LogP contribution in [0.3, 0.4) is 0 Å². The highest BCUT2D eigenvalue weighted by molar-refractivity contribution is 5.88. The lowest BCUT2D eigenvalue weighted by molar-refractivity contribution is -0.148. The van der Waals surface area contributed by atoms with Gasteiger partial charge < -0.3 is 15.0 Å². The molecule has 2 N–H and O–H groups in total. The van der Waals surface area contributed by atoms with Crippen molar-refractivity contribution in [2.45, 2.75) is 32.7 Å². The van der Waals surface area contributed by atoms with Gasteiger partial charge in [-0.1, -0.05) is 62.4 Å². The Morgan fingerprint density at radius 3 is 2.50 bits per heavy atom. The third-order valence-electron chi connectivity index (χ3n) is 4.62. The second-order valence-electron chi connectivity index (χ2n) is 7.36. The average molecular weight is 378 g/mol. The van der Waals surface area contributed by atoms with Gasteiger partial charge in [-0.3, -0.25) is 9.59 Å². The summed E-state index contributed by atoms with van der Waals surface area (Å²) >= 11 is 0. The van der Waals surface area contributed by atoms with E-state index in [1.165, 1.54) is 0 Å². The molecule has 146 valence electrons. The standard InChI is InChI=1S/C23H26N2O3/c1-16(2)12-21(17-8-4-3-5-9-17)25-22(26)15-28-23(27)13-18-14-24-20-11-7-6-10-19(18)20/h3-11,14,16,21,24H,12-13,15H2,1-2H3,(H,25,26)/t21-/m0/s1. The minimum absolute atomic E-state index is 0.0963. The van der Waals surface area contributed by atoms with Crippen molar-refractivity contribution < 1.29 is 14.3 Å². The van der Waals surface area contributed by atoms with Gasteiger partial charge >= 0.3 is 5.97 Å². The molecule has 1 amide bonds. The van der Waals surface area contributed by atoms with E-state index in [1.54, 1.807) is 6.20 Å². The van der Waals surface area contributed by atoms with Crippen molar-refractivity contribution in [3.63, 3.8) is 0 Å². The Hall–Kier alpha value is -3.08. The molecule has 5 heteroatoms. The molecular weight excluding hydrogens is 352 g/mol. The molecule has 0 aliphatic heterocycles. The van der Waals surface area contributed by atoms with Gasteiger partial charge in [-0.05, 0) is 29.5 Å². The van der Waals surface area contributed by atoms with Crippen LogP contribution < -0.4 is 5.32 Å². The van der Waals surface area contributed by atoms with Gasteiger partial charge in [-0.15, -0.1) is 0 Å². The number of carbonyl (C=O) groups is 2. The Balaban J connectivity index is 1.54. The molecule has 1 heterocycles. The van der Waals surface area contributed by atoms with Gasteiger partial charge in [0, 0.05) is 17.1 Å². The van der Waals surface area contributed by atoms with E-state index in [9.17, 15) is 9.59 Å². The summed E-state index contributed by atoms with van der Waals surface area (Å²) in [7, 11) is 0. The molecule has 0 saturated heterocycles. The van der Waals surface area contributed by atoms with E-state index in [4.69, 9.17) is 4.74 Å². The summed E-state index contributed by atoms with van der Waals surface area (Å²) in [6, 6.07) is 17.5. The van der Waals surface area contributed by atoms with E-state index in [0.29, 0.717) is 5.92 Å². The molecule has 1 aromatic heterocycles. The number of fused-ring (bicyclic) bond motifs is 1. The molecular formula is C23H26N2O3. The molecule has 3 rings (SSSR count). The van der Waals surface area contributed by atoms with Crippen LogP contribution in [0, 0.1) is 5.92 Å². The van der Waals surface area contributed by atoms with E-state index in [2.05, 4.69) is 24.1 Å². The molecule has 1 atom stereocenters. The number of hydrogen-bond donors (Lipinski definition) is 2. The quantitative estimate of drug-likeness (QED) is 0.578. The van der Waals surface area contributed by atoms with Crippen molar-refractivity contribution in [1.29, 1.82) is 0 Å². The summed E-state index contributed by atoms with van der Waals surface area (Å²) in [5.41, 5.74) is 2.89. The zero-order valence-electron chi connectivity index (χ0n) is 16.3. The third kappa shape index (κ3) is 5.22. The largest absolute Gasteiger partial charge is 0.455 e. The zero-order chi connectivity index (χ0) is 19.9. The first-order valence-electron chi connectivity index (χ1n) is 9.58. The Labute approximate surface area is 165 Å². The van der Waals surface area contributed by atoms with Crippen LogP contribution in [0.5, 0.6) is 0 Å². The normalized spacial score (nSPS) is 12.1. The van der Waals surface area contributed by atoms with Crippen LogP contribution in [0.1, 0.15) is 37.4 Å². The monoisotopic (exact) mass is 378 g/mol. The third-order valence-corrected chi connectivity index (χ3v) is 4.62. The van der Waals surface area contributed by atoms with Crippen molar-refractivity contribution in [3.05, 3.63) is 71.9 Å². The van der Waals surface area contributed by atoms with E-state index in [0.717, 1.165) is 28.5 Å². The highest BCUT2D eigenvalue weighted by Gasteiger charge is 2.17. The summed E-state index contributed by atoms with van der Waals surface area (Å²) in [5.74, 6) is -0.281. The number of rotatable bonds is 8. The van der Waals surface area contributed by atoms with Crippen LogP contribution in [-0.2, 0) is 20.7 Å². The van der Waals surface area contributed by atoms with Gasteiger partial charge in [0.2, 0.25) is 0 Å². The zero-order valence-corrected chi connectivity index (χ0v) is 16.3. The van der Waals surface area contributed by atoms with Gasteiger partial charge in [0.05, 0.1) is 12.5 Å². The lowest BCUT2D eigenvalue weighted by atomic mass is 9.97. The summed E-state index contributed by atoms with van der Waals surface area (Å²) < 4.78 is 5.20. The summed E-state index contributed by atoms with van der Waals surface area (Å²) in [6.07, 6.45) is 2.75. The molecule has 0 aliphatic carbocycles. The second-order valence-corrected chi connectivity index (χ2v) is 7.36. The maximum absolute atomic E-state index is 12.3. The molecule has 0 saturated carbocycles. The van der Waals surface area contributed by atoms with Gasteiger partial charge in [-0.2, -0.15) is 0 Å². The number of carbonyl (C=O) groups excluding carboxylic acids is 2. The molecule has 0 unspecified atom stereocenters. The van der Waals surface area contributed by atoms with E-state index in [1.807, 2.05) is 54.6 Å². The fourth-order valence-electron chi connectivity index (χ4n) is 3.30. The molecule has 0 bridgehead atoms. The molecule has 5 nitrogen and oxygen atoms in total. The number of nitrogens with one attached hydrogen (secondary N) is 2. The van der Waals surface area contributed by atoms with Crippen LogP contribution in [-0.4, -0.2) is 23.5 Å². The van der Waals surface area contributed by atoms with Gasteiger partial charge in [0.1, 0.15) is 0 Å². The fourth-order valence-corrected chi connectivity index (χ4v) is 3.30. The van der Waals surface area contributed by atoms with Crippen LogP contribution in [0.25, 0.3) is 10.9 Å². The maximum atomic E-state index is 12.3. The van der Waals surface area contributed by atoms with Gasteiger partial charge in [0.25, 0.3) is 5.91 Å². The van der Waals surface area contributed by atoms with Crippen molar-refractivity contribution in [2.24, 2.45) is 5.92 Å². The molecule has 0 fully saturated rings.